The lowest BCUT2D eigenvalue weighted by Gasteiger charge is -2.35. The van der Waals surface area contributed by atoms with Crippen molar-refractivity contribution in [2.75, 3.05) is 39.8 Å². The lowest BCUT2D eigenvalue weighted by atomic mass is 9.95. The molecule has 0 saturated carbocycles. The smallest absolute Gasteiger partial charge is 0.239 e. The van der Waals surface area contributed by atoms with Gasteiger partial charge in [0.25, 0.3) is 0 Å². The summed E-state index contributed by atoms with van der Waals surface area (Å²) >= 11 is 0. The van der Waals surface area contributed by atoms with Crippen LogP contribution in [-0.2, 0) is 4.79 Å². The van der Waals surface area contributed by atoms with Gasteiger partial charge in [-0.3, -0.25) is 9.69 Å². The molecule has 1 fully saturated rings. The van der Waals surface area contributed by atoms with Crippen LogP contribution in [0.3, 0.4) is 0 Å². The fourth-order valence-electron chi connectivity index (χ4n) is 3.33. The van der Waals surface area contributed by atoms with E-state index >= 15 is 0 Å². The molecule has 1 unspecified atom stereocenters. The number of β-amino-alcohol motifs (C(OH)–C–C–N with tert-alkyl or cyclic N) is 1. The zero-order valence-electron chi connectivity index (χ0n) is 13.6. The lowest BCUT2D eigenvalue weighted by Crippen LogP contribution is -2.42. The molecule has 0 aliphatic carbocycles. The summed E-state index contributed by atoms with van der Waals surface area (Å²) < 4.78 is 13.1. The van der Waals surface area contributed by atoms with Crippen LogP contribution in [0.2, 0.25) is 0 Å². The van der Waals surface area contributed by atoms with Gasteiger partial charge in [-0.2, -0.15) is 0 Å². The van der Waals surface area contributed by atoms with Gasteiger partial charge in [0.2, 0.25) is 5.91 Å². The highest BCUT2D eigenvalue weighted by Crippen LogP contribution is 2.24. The second-order valence-electron chi connectivity index (χ2n) is 6.30. The molecule has 1 aliphatic heterocycles. The van der Waals surface area contributed by atoms with Crippen LogP contribution in [0.25, 0.3) is 0 Å². The van der Waals surface area contributed by atoms with E-state index in [0.29, 0.717) is 5.92 Å². The van der Waals surface area contributed by atoms with Crippen LogP contribution in [0.4, 0.5) is 4.39 Å². The van der Waals surface area contributed by atoms with E-state index in [1.54, 1.807) is 12.1 Å². The van der Waals surface area contributed by atoms with E-state index in [1.807, 2.05) is 11.9 Å². The van der Waals surface area contributed by atoms with E-state index in [0.717, 1.165) is 44.6 Å². The number of aliphatic hydroxyl groups excluding tert-OH is 1. The number of likely N-dealkylation sites (tertiary alicyclic amines) is 1. The predicted octanol–water partition coefficient (Wildman–Crippen LogP) is 0.988. The SMILES string of the molecule is CN(CC1CCN(CCO)CC1)C(C(N)=O)c1ccc(F)cc1. The average Bonchev–Trinajstić information content (AvgIpc) is 2.51. The number of amides is 1. The topological polar surface area (TPSA) is 69.8 Å². The van der Waals surface area contributed by atoms with Crippen LogP contribution >= 0.6 is 0 Å². The van der Waals surface area contributed by atoms with Gasteiger partial charge in [0.15, 0.2) is 0 Å². The Morgan fingerprint density at radius 3 is 2.52 bits per heavy atom. The van der Waals surface area contributed by atoms with E-state index < -0.39 is 11.9 Å². The summed E-state index contributed by atoms with van der Waals surface area (Å²) in [5.41, 5.74) is 6.29. The molecule has 1 aromatic rings. The van der Waals surface area contributed by atoms with Crippen LogP contribution in [0.5, 0.6) is 0 Å². The van der Waals surface area contributed by atoms with Crippen molar-refractivity contribution in [1.82, 2.24) is 9.80 Å². The van der Waals surface area contributed by atoms with E-state index in [9.17, 15) is 9.18 Å². The minimum atomic E-state index is -0.536. The van der Waals surface area contributed by atoms with Gasteiger partial charge in [-0.25, -0.2) is 4.39 Å². The summed E-state index contributed by atoms with van der Waals surface area (Å²) in [4.78, 5) is 16.1. The highest BCUT2D eigenvalue weighted by molar-refractivity contribution is 5.81. The molecule has 0 aromatic heterocycles. The van der Waals surface area contributed by atoms with Crippen molar-refractivity contribution in [3.8, 4) is 0 Å². The number of aliphatic hydroxyl groups is 1. The zero-order valence-corrected chi connectivity index (χ0v) is 13.6. The van der Waals surface area contributed by atoms with Crippen molar-refractivity contribution in [2.24, 2.45) is 11.7 Å². The number of rotatable bonds is 7. The molecule has 5 nitrogen and oxygen atoms in total. The number of hydrogen-bond donors (Lipinski definition) is 2. The second kappa shape index (κ2) is 8.38. The molecule has 1 atom stereocenters. The Morgan fingerprint density at radius 2 is 2.00 bits per heavy atom. The number of halogens is 1. The number of hydrogen-bond acceptors (Lipinski definition) is 4. The molecule has 0 spiro atoms. The third-order valence-electron chi connectivity index (χ3n) is 4.57. The number of nitrogens with zero attached hydrogens (tertiary/aromatic N) is 2. The molecule has 0 radical (unpaired) electrons. The molecule has 3 N–H and O–H groups in total. The molecule has 1 aliphatic rings. The third-order valence-corrected chi connectivity index (χ3v) is 4.57. The first kappa shape index (κ1) is 17.8. The predicted molar refractivity (Wildman–Crippen MR) is 87.2 cm³/mol. The van der Waals surface area contributed by atoms with Gasteiger partial charge < -0.3 is 15.7 Å². The minimum absolute atomic E-state index is 0.193. The first-order valence-electron chi connectivity index (χ1n) is 8.09. The molecule has 1 saturated heterocycles. The Hall–Kier alpha value is -1.50. The highest BCUT2D eigenvalue weighted by atomic mass is 19.1. The molecule has 128 valence electrons. The summed E-state index contributed by atoms with van der Waals surface area (Å²) in [6, 6.07) is 5.40. The fourth-order valence-corrected chi connectivity index (χ4v) is 3.33. The molecule has 6 heteroatoms. The number of carbonyl (C=O) groups excluding carboxylic acids is 1. The van der Waals surface area contributed by atoms with Gasteiger partial charge in [0.1, 0.15) is 11.9 Å². The molecule has 0 bridgehead atoms. The van der Waals surface area contributed by atoms with Gasteiger partial charge in [0.05, 0.1) is 6.61 Å². The number of piperidine rings is 1. The van der Waals surface area contributed by atoms with Crippen molar-refractivity contribution in [3.05, 3.63) is 35.6 Å². The molecule has 23 heavy (non-hydrogen) atoms. The highest BCUT2D eigenvalue weighted by Gasteiger charge is 2.27. The van der Waals surface area contributed by atoms with Gasteiger partial charge >= 0.3 is 0 Å². The number of nitrogens with two attached hydrogens (primary N) is 1. The maximum atomic E-state index is 13.1. The Bertz CT molecular complexity index is 501. The van der Waals surface area contributed by atoms with Crippen molar-refractivity contribution < 1.29 is 14.3 Å². The largest absolute Gasteiger partial charge is 0.395 e. The first-order chi connectivity index (χ1) is 11.0. The molecule has 1 heterocycles. The first-order valence-corrected chi connectivity index (χ1v) is 8.09. The average molecular weight is 323 g/mol. The van der Waals surface area contributed by atoms with Gasteiger partial charge in [0, 0.05) is 13.1 Å². The van der Waals surface area contributed by atoms with E-state index in [4.69, 9.17) is 10.8 Å². The quantitative estimate of drug-likeness (QED) is 0.785. The van der Waals surface area contributed by atoms with Crippen molar-refractivity contribution in [1.29, 1.82) is 0 Å². The standard InChI is InChI=1S/C17H26FN3O2/c1-20(12-13-6-8-21(9-7-13)10-11-22)16(17(19)23)14-2-4-15(18)5-3-14/h2-5,13,16,22H,6-12H2,1H3,(H2,19,23). The van der Waals surface area contributed by atoms with Crippen LogP contribution < -0.4 is 5.73 Å². The second-order valence-corrected chi connectivity index (χ2v) is 6.30. The van der Waals surface area contributed by atoms with E-state index in [-0.39, 0.29) is 12.4 Å². The summed E-state index contributed by atoms with van der Waals surface area (Å²) in [7, 11) is 1.89. The molecular weight excluding hydrogens is 297 g/mol. The van der Waals surface area contributed by atoms with E-state index in [1.165, 1.54) is 12.1 Å². The van der Waals surface area contributed by atoms with Gasteiger partial charge in [-0.15, -0.1) is 0 Å². The van der Waals surface area contributed by atoms with Crippen LogP contribution in [0.1, 0.15) is 24.4 Å². The van der Waals surface area contributed by atoms with Crippen molar-refractivity contribution >= 4 is 5.91 Å². The summed E-state index contributed by atoms with van der Waals surface area (Å²) in [6.45, 7) is 3.63. The number of benzene rings is 1. The minimum Gasteiger partial charge on any atom is -0.395 e. The molecule has 1 amide bonds. The maximum Gasteiger partial charge on any atom is 0.239 e. The summed E-state index contributed by atoms with van der Waals surface area (Å²) in [6.07, 6.45) is 2.08. The zero-order chi connectivity index (χ0) is 16.8. The Morgan fingerprint density at radius 1 is 1.39 bits per heavy atom. The maximum absolute atomic E-state index is 13.1. The lowest BCUT2D eigenvalue weighted by molar-refractivity contribution is -0.123. The summed E-state index contributed by atoms with van der Waals surface area (Å²) in [5, 5.41) is 8.98. The summed E-state index contributed by atoms with van der Waals surface area (Å²) in [5.74, 6) is -0.245. The molecular formula is C17H26FN3O2. The number of likely N-dealkylation sites (N-methyl/N-ethyl adjacent to an activating group) is 1. The van der Waals surface area contributed by atoms with Crippen molar-refractivity contribution in [3.63, 3.8) is 0 Å². The normalized spacial score (nSPS) is 18.3. The number of carbonyl (C=O) groups is 1. The fraction of sp³-hybridized carbons (Fsp3) is 0.588. The van der Waals surface area contributed by atoms with Gasteiger partial charge in [-0.1, -0.05) is 12.1 Å². The van der Waals surface area contributed by atoms with Crippen LogP contribution in [-0.4, -0.2) is 60.6 Å². The third kappa shape index (κ3) is 4.99. The van der Waals surface area contributed by atoms with Crippen LogP contribution in [0.15, 0.2) is 24.3 Å². The Labute approximate surface area is 136 Å². The number of primary amides is 1. The Kier molecular flexibility index (Phi) is 6.50. The van der Waals surface area contributed by atoms with Crippen LogP contribution in [0, 0.1) is 11.7 Å². The monoisotopic (exact) mass is 323 g/mol. The van der Waals surface area contributed by atoms with E-state index in [2.05, 4.69) is 4.90 Å². The van der Waals surface area contributed by atoms with Gasteiger partial charge in [-0.05, 0) is 56.6 Å². The molecule has 2 rings (SSSR count). The van der Waals surface area contributed by atoms with Crippen molar-refractivity contribution in [2.45, 2.75) is 18.9 Å². The Balaban J connectivity index is 1.95. The molecule has 1 aromatic carbocycles.